The van der Waals surface area contributed by atoms with Crippen molar-refractivity contribution < 1.29 is 9.59 Å². The van der Waals surface area contributed by atoms with Gasteiger partial charge in [-0.3, -0.25) is 14.5 Å². The van der Waals surface area contributed by atoms with Crippen molar-refractivity contribution >= 4 is 11.8 Å². The molecule has 1 aliphatic rings. The molecule has 0 bridgehead atoms. The zero-order valence-corrected chi connectivity index (χ0v) is 8.95. The fourth-order valence-electron chi connectivity index (χ4n) is 1.45. The summed E-state index contributed by atoms with van der Waals surface area (Å²) < 4.78 is 0. The van der Waals surface area contributed by atoms with Crippen LogP contribution in [0.1, 0.15) is 19.8 Å². The number of likely N-dealkylation sites (tertiary alicyclic amines) is 1. The van der Waals surface area contributed by atoms with E-state index in [-0.39, 0.29) is 17.4 Å². The normalized spacial score (nSPS) is 19.1. The van der Waals surface area contributed by atoms with Crippen LogP contribution in [0.4, 0.5) is 0 Å². The van der Waals surface area contributed by atoms with Crippen molar-refractivity contribution in [3.8, 4) is 0 Å². The van der Waals surface area contributed by atoms with Crippen LogP contribution in [0.15, 0.2) is 36.5 Å². The number of carbonyl (C=O) groups is 2. The molecule has 0 unspecified atom stereocenters. The predicted octanol–water partition coefficient (Wildman–Crippen LogP) is 1.82. The molecule has 1 rings (SSSR count). The molecule has 0 radical (unpaired) electrons. The second-order valence-electron chi connectivity index (χ2n) is 3.41. The van der Waals surface area contributed by atoms with E-state index < -0.39 is 0 Å². The van der Waals surface area contributed by atoms with Gasteiger partial charge in [0.15, 0.2) is 0 Å². The lowest BCUT2D eigenvalue weighted by atomic mass is 10.1. The van der Waals surface area contributed by atoms with Crippen molar-refractivity contribution in [1.29, 1.82) is 0 Å². The van der Waals surface area contributed by atoms with E-state index in [0.717, 1.165) is 12.8 Å². The van der Waals surface area contributed by atoms with E-state index in [9.17, 15) is 9.59 Å². The first-order valence-electron chi connectivity index (χ1n) is 5.01. The summed E-state index contributed by atoms with van der Waals surface area (Å²) in [5, 5.41) is 0. The Balaban J connectivity index is 2.90. The second kappa shape index (κ2) is 4.73. The van der Waals surface area contributed by atoms with Crippen LogP contribution in [-0.4, -0.2) is 23.3 Å². The molecule has 1 saturated heterocycles. The maximum atomic E-state index is 11.8. The fraction of sp³-hybridized carbons (Fsp3) is 0.333. The molecule has 0 aliphatic carbocycles. The van der Waals surface area contributed by atoms with Gasteiger partial charge in [0.05, 0.1) is 5.57 Å². The summed E-state index contributed by atoms with van der Waals surface area (Å²) in [5.41, 5.74) is 0.641. The lowest BCUT2D eigenvalue weighted by Gasteiger charge is -2.11. The standard InChI is InChI=1S/C12H15NO2/c1-4-6-8-13-11(14)9(3)10(7-5-2)12(13)15/h5,7H,2-4,6,8H2,1H3/b10-7+. The molecule has 0 aromatic heterocycles. The minimum Gasteiger partial charge on any atom is -0.274 e. The number of hydrogen-bond acceptors (Lipinski definition) is 2. The summed E-state index contributed by atoms with van der Waals surface area (Å²) in [6.07, 6.45) is 4.81. The van der Waals surface area contributed by atoms with Gasteiger partial charge in [0, 0.05) is 12.1 Å². The van der Waals surface area contributed by atoms with E-state index in [1.54, 1.807) is 0 Å². The number of hydrogen-bond donors (Lipinski definition) is 0. The monoisotopic (exact) mass is 205 g/mol. The van der Waals surface area contributed by atoms with E-state index in [1.165, 1.54) is 17.1 Å². The quantitative estimate of drug-likeness (QED) is 0.518. The third kappa shape index (κ3) is 2.06. The van der Waals surface area contributed by atoms with Crippen LogP contribution in [0, 0.1) is 0 Å². The van der Waals surface area contributed by atoms with Crippen molar-refractivity contribution in [2.24, 2.45) is 0 Å². The SMILES string of the molecule is C=C/C=C1\C(=C)C(=O)N(CCCC)C1=O. The summed E-state index contributed by atoms with van der Waals surface area (Å²) in [6, 6.07) is 0. The van der Waals surface area contributed by atoms with Gasteiger partial charge in [0.25, 0.3) is 11.8 Å². The molecular weight excluding hydrogens is 190 g/mol. The Hall–Kier alpha value is -1.64. The summed E-state index contributed by atoms with van der Waals surface area (Å²) in [4.78, 5) is 24.6. The van der Waals surface area contributed by atoms with E-state index in [1.807, 2.05) is 6.92 Å². The minimum absolute atomic E-state index is 0.252. The molecule has 0 atom stereocenters. The molecule has 15 heavy (non-hydrogen) atoms. The summed E-state index contributed by atoms with van der Waals surface area (Å²) in [7, 11) is 0. The highest BCUT2D eigenvalue weighted by Gasteiger charge is 2.36. The van der Waals surface area contributed by atoms with Crippen LogP contribution in [0.25, 0.3) is 0 Å². The molecule has 0 spiro atoms. The Labute approximate surface area is 89.8 Å². The van der Waals surface area contributed by atoms with Gasteiger partial charge in [-0.2, -0.15) is 0 Å². The number of allylic oxidation sites excluding steroid dienone is 2. The van der Waals surface area contributed by atoms with E-state index in [2.05, 4.69) is 13.2 Å². The lowest BCUT2D eigenvalue weighted by molar-refractivity contribution is -0.136. The van der Waals surface area contributed by atoms with Gasteiger partial charge in [-0.15, -0.1) is 0 Å². The third-order valence-corrected chi connectivity index (χ3v) is 2.32. The summed E-state index contributed by atoms with van der Waals surface area (Å²) >= 11 is 0. The number of nitrogens with zero attached hydrogens (tertiary/aromatic N) is 1. The van der Waals surface area contributed by atoms with Crippen LogP contribution in [0.2, 0.25) is 0 Å². The van der Waals surface area contributed by atoms with Crippen molar-refractivity contribution in [2.75, 3.05) is 6.54 Å². The number of unbranched alkanes of at least 4 members (excludes halogenated alkanes) is 1. The molecule has 1 fully saturated rings. The molecule has 0 N–H and O–H groups in total. The molecule has 80 valence electrons. The maximum absolute atomic E-state index is 11.8. The van der Waals surface area contributed by atoms with Crippen molar-refractivity contribution in [3.05, 3.63) is 36.5 Å². The molecule has 3 nitrogen and oxygen atoms in total. The fourth-order valence-corrected chi connectivity index (χ4v) is 1.45. The van der Waals surface area contributed by atoms with Crippen LogP contribution < -0.4 is 0 Å². The Kier molecular flexibility index (Phi) is 3.61. The van der Waals surface area contributed by atoms with Crippen molar-refractivity contribution in [3.63, 3.8) is 0 Å². The Bertz CT molecular complexity index is 353. The molecule has 3 heteroatoms. The van der Waals surface area contributed by atoms with Gasteiger partial charge in [0.1, 0.15) is 0 Å². The maximum Gasteiger partial charge on any atom is 0.261 e. The summed E-state index contributed by atoms with van der Waals surface area (Å²) in [5.74, 6) is -0.528. The molecule has 2 amide bonds. The van der Waals surface area contributed by atoms with Gasteiger partial charge in [0.2, 0.25) is 0 Å². The molecule has 1 aliphatic heterocycles. The average Bonchev–Trinajstić information content (AvgIpc) is 2.42. The molecule has 1 heterocycles. The van der Waals surface area contributed by atoms with Gasteiger partial charge < -0.3 is 0 Å². The first-order chi connectivity index (χ1) is 7.13. The van der Waals surface area contributed by atoms with Gasteiger partial charge in [-0.1, -0.05) is 32.6 Å². The highest BCUT2D eigenvalue weighted by molar-refractivity contribution is 6.24. The van der Waals surface area contributed by atoms with Crippen LogP contribution in [0.3, 0.4) is 0 Å². The van der Waals surface area contributed by atoms with Crippen LogP contribution in [-0.2, 0) is 9.59 Å². The zero-order valence-electron chi connectivity index (χ0n) is 8.95. The highest BCUT2D eigenvalue weighted by Crippen LogP contribution is 2.23. The number of imide groups is 1. The first-order valence-corrected chi connectivity index (χ1v) is 5.01. The van der Waals surface area contributed by atoms with E-state index in [0.29, 0.717) is 12.1 Å². The smallest absolute Gasteiger partial charge is 0.261 e. The zero-order chi connectivity index (χ0) is 11.4. The lowest BCUT2D eigenvalue weighted by Crippen LogP contribution is -2.30. The first kappa shape index (κ1) is 11.4. The molecule has 0 saturated carbocycles. The number of rotatable bonds is 4. The number of carbonyl (C=O) groups excluding carboxylic acids is 2. The molecular formula is C12H15NO2. The van der Waals surface area contributed by atoms with Crippen LogP contribution >= 0.6 is 0 Å². The Morgan fingerprint density at radius 2 is 2.00 bits per heavy atom. The van der Waals surface area contributed by atoms with Gasteiger partial charge in [-0.05, 0) is 12.5 Å². The number of amides is 2. The molecule has 0 aromatic carbocycles. The van der Waals surface area contributed by atoms with E-state index in [4.69, 9.17) is 0 Å². The van der Waals surface area contributed by atoms with E-state index >= 15 is 0 Å². The summed E-state index contributed by atoms with van der Waals surface area (Å²) in [6.45, 7) is 9.61. The third-order valence-electron chi connectivity index (χ3n) is 2.32. The largest absolute Gasteiger partial charge is 0.274 e. The van der Waals surface area contributed by atoms with Crippen molar-refractivity contribution in [1.82, 2.24) is 4.90 Å². The van der Waals surface area contributed by atoms with Gasteiger partial charge in [-0.25, -0.2) is 0 Å². The molecule has 0 aromatic rings. The van der Waals surface area contributed by atoms with Crippen LogP contribution in [0.5, 0.6) is 0 Å². The second-order valence-corrected chi connectivity index (χ2v) is 3.41. The average molecular weight is 205 g/mol. The Morgan fingerprint density at radius 3 is 2.53 bits per heavy atom. The van der Waals surface area contributed by atoms with Gasteiger partial charge >= 0.3 is 0 Å². The minimum atomic E-state index is -0.276. The topological polar surface area (TPSA) is 37.4 Å². The Morgan fingerprint density at radius 1 is 1.33 bits per heavy atom. The predicted molar refractivity (Wildman–Crippen MR) is 59.0 cm³/mol. The highest BCUT2D eigenvalue weighted by atomic mass is 16.2. The van der Waals surface area contributed by atoms with Crippen molar-refractivity contribution in [2.45, 2.75) is 19.8 Å².